The normalized spacial score (nSPS) is 22.5. The molecule has 0 radical (unpaired) electrons. The van der Waals surface area contributed by atoms with Crippen LogP contribution in [0.1, 0.15) is 12.0 Å². The maximum absolute atomic E-state index is 12.6. The van der Waals surface area contributed by atoms with Crippen LogP contribution >= 0.6 is 15.9 Å². The highest BCUT2D eigenvalue weighted by atomic mass is 79.9. The van der Waals surface area contributed by atoms with Gasteiger partial charge in [-0.3, -0.25) is 4.79 Å². The van der Waals surface area contributed by atoms with Gasteiger partial charge in [-0.2, -0.15) is 0 Å². The Hall–Kier alpha value is -1.34. The molecule has 1 aromatic carbocycles. The first-order valence-electron chi connectivity index (χ1n) is 6.96. The summed E-state index contributed by atoms with van der Waals surface area (Å²) < 4.78 is 29.6. The molecule has 3 rings (SSSR count). The highest BCUT2D eigenvalue weighted by molar-refractivity contribution is 9.10. The van der Waals surface area contributed by atoms with Crippen LogP contribution in [0.2, 0.25) is 0 Å². The molecule has 1 saturated heterocycles. The minimum Gasteiger partial charge on any atom is -0.488 e. The minimum absolute atomic E-state index is 0.0471. The Morgan fingerprint density at radius 1 is 1.41 bits per heavy atom. The van der Waals surface area contributed by atoms with Crippen molar-refractivity contribution in [1.82, 2.24) is 4.90 Å². The summed E-state index contributed by atoms with van der Waals surface area (Å²) >= 11 is 3.40. The van der Waals surface area contributed by atoms with Gasteiger partial charge in [0.05, 0.1) is 17.1 Å². The molecule has 118 valence electrons. The zero-order chi connectivity index (χ0) is 15.9. The number of carbonyl (C=O) groups is 1. The number of rotatable bonds is 2. The number of fused-ring (bicyclic) bond motifs is 1. The van der Waals surface area contributed by atoms with Gasteiger partial charge in [-0.05, 0) is 30.7 Å². The number of carbonyl (C=O) groups excluding carboxylic acids is 1. The summed E-state index contributed by atoms with van der Waals surface area (Å²) in [6.45, 7) is 0.206. The van der Waals surface area contributed by atoms with Crippen LogP contribution < -0.4 is 4.74 Å². The highest BCUT2D eigenvalue weighted by Gasteiger charge is 2.34. The number of amides is 1. The van der Waals surface area contributed by atoms with Crippen LogP contribution in [-0.2, 0) is 14.6 Å². The van der Waals surface area contributed by atoms with Crippen molar-refractivity contribution >= 4 is 37.8 Å². The first kappa shape index (κ1) is 15.6. The van der Waals surface area contributed by atoms with E-state index >= 15 is 0 Å². The number of likely N-dealkylation sites (N-methyl/N-ethyl adjacent to an activating group) is 1. The van der Waals surface area contributed by atoms with Crippen LogP contribution in [0.25, 0.3) is 6.08 Å². The Kier molecular flexibility index (Phi) is 4.03. The molecule has 1 fully saturated rings. The van der Waals surface area contributed by atoms with E-state index in [1.807, 2.05) is 24.3 Å². The molecule has 0 bridgehead atoms. The van der Waals surface area contributed by atoms with Crippen molar-refractivity contribution in [3.8, 4) is 5.75 Å². The van der Waals surface area contributed by atoms with Gasteiger partial charge in [-0.1, -0.05) is 15.9 Å². The third-order valence-electron chi connectivity index (χ3n) is 4.04. The van der Waals surface area contributed by atoms with Gasteiger partial charge in [0.2, 0.25) is 0 Å². The molecule has 5 nitrogen and oxygen atoms in total. The van der Waals surface area contributed by atoms with E-state index in [9.17, 15) is 13.2 Å². The van der Waals surface area contributed by atoms with Crippen LogP contribution in [0.4, 0.5) is 0 Å². The maximum Gasteiger partial charge on any atom is 0.253 e. The van der Waals surface area contributed by atoms with E-state index in [0.717, 1.165) is 15.8 Å². The van der Waals surface area contributed by atoms with Gasteiger partial charge in [-0.15, -0.1) is 0 Å². The molecule has 2 heterocycles. The van der Waals surface area contributed by atoms with Crippen molar-refractivity contribution in [3.05, 3.63) is 33.8 Å². The van der Waals surface area contributed by atoms with Crippen LogP contribution in [0, 0.1) is 0 Å². The van der Waals surface area contributed by atoms with Crippen molar-refractivity contribution in [1.29, 1.82) is 0 Å². The lowest BCUT2D eigenvalue weighted by Gasteiger charge is -2.26. The number of ether oxygens (including phenoxy) is 1. The predicted molar refractivity (Wildman–Crippen MR) is 87.4 cm³/mol. The first-order valence-corrected chi connectivity index (χ1v) is 9.58. The molecule has 7 heteroatoms. The van der Waals surface area contributed by atoms with Crippen molar-refractivity contribution in [2.75, 3.05) is 25.2 Å². The third kappa shape index (κ3) is 3.05. The Bertz CT molecular complexity index is 757. The quantitative estimate of drug-likeness (QED) is 0.779. The summed E-state index contributed by atoms with van der Waals surface area (Å²) in [5, 5.41) is 0. The van der Waals surface area contributed by atoms with Gasteiger partial charge in [0, 0.05) is 23.1 Å². The lowest BCUT2D eigenvalue weighted by molar-refractivity contribution is -0.127. The molecular weight excluding hydrogens is 370 g/mol. The molecule has 0 N–H and O–H groups in total. The van der Waals surface area contributed by atoms with Crippen LogP contribution in [0.3, 0.4) is 0 Å². The molecule has 1 aromatic rings. The second kappa shape index (κ2) is 5.70. The molecule has 1 unspecified atom stereocenters. The lowest BCUT2D eigenvalue weighted by Crippen LogP contribution is -2.39. The van der Waals surface area contributed by atoms with Gasteiger partial charge >= 0.3 is 0 Å². The minimum atomic E-state index is -3.01. The van der Waals surface area contributed by atoms with Crippen molar-refractivity contribution in [2.24, 2.45) is 0 Å². The van der Waals surface area contributed by atoms with E-state index in [-0.39, 0.29) is 30.1 Å². The number of hydrogen-bond acceptors (Lipinski definition) is 4. The van der Waals surface area contributed by atoms with Gasteiger partial charge in [0.15, 0.2) is 9.84 Å². The monoisotopic (exact) mass is 385 g/mol. The molecule has 0 aromatic heterocycles. The number of halogens is 1. The van der Waals surface area contributed by atoms with Crippen LogP contribution in [-0.4, -0.2) is 50.4 Å². The van der Waals surface area contributed by atoms with Gasteiger partial charge in [-0.25, -0.2) is 8.42 Å². The molecule has 2 aliphatic heterocycles. The smallest absolute Gasteiger partial charge is 0.253 e. The fourth-order valence-corrected chi connectivity index (χ4v) is 4.90. The molecular formula is C15H16BrNO4S. The summed E-state index contributed by atoms with van der Waals surface area (Å²) in [7, 11) is -1.35. The van der Waals surface area contributed by atoms with E-state index in [4.69, 9.17) is 4.74 Å². The van der Waals surface area contributed by atoms with Crippen LogP contribution in [0.5, 0.6) is 5.75 Å². The second-order valence-electron chi connectivity index (χ2n) is 5.61. The van der Waals surface area contributed by atoms with Crippen molar-refractivity contribution < 1.29 is 17.9 Å². The second-order valence-corrected chi connectivity index (χ2v) is 8.76. The number of benzene rings is 1. The molecule has 0 spiro atoms. The molecule has 1 amide bonds. The fourth-order valence-electron chi connectivity index (χ4n) is 2.75. The Morgan fingerprint density at radius 2 is 2.18 bits per heavy atom. The molecule has 0 aliphatic carbocycles. The van der Waals surface area contributed by atoms with E-state index in [1.54, 1.807) is 7.05 Å². The topological polar surface area (TPSA) is 63.7 Å². The van der Waals surface area contributed by atoms with E-state index in [0.29, 0.717) is 12.0 Å². The van der Waals surface area contributed by atoms with E-state index in [2.05, 4.69) is 15.9 Å². The highest BCUT2D eigenvalue weighted by Crippen LogP contribution is 2.30. The average Bonchev–Trinajstić information content (AvgIpc) is 2.85. The summed E-state index contributed by atoms with van der Waals surface area (Å²) in [5.41, 5.74) is 1.38. The molecule has 22 heavy (non-hydrogen) atoms. The van der Waals surface area contributed by atoms with Crippen LogP contribution in [0.15, 0.2) is 28.2 Å². The van der Waals surface area contributed by atoms with Gasteiger partial charge < -0.3 is 9.64 Å². The summed E-state index contributed by atoms with van der Waals surface area (Å²) in [6, 6.07) is 5.38. The Morgan fingerprint density at radius 3 is 2.86 bits per heavy atom. The largest absolute Gasteiger partial charge is 0.488 e. The number of sulfone groups is 1. The maximum atomic E-state index is 12.6. The van der Waals surface area contributed by atoms with Crippen molar-refractivity contribution in [3.63, 3.8) is 0 Å². The van der Waals surface area contributed by atoms with E-state index in [1.165, 1.54) is 4.90 Å². The predicted octanol–water partition coefficient (Wildman–Crippen LogP) is 1.87. The summed E-state index contributed by atoms with van der Waals surface area (Å²) in [5.74, 6) is 0.769. The third-order valence-corrected chi connectivity index (χ3v) is 6.28. The average molecular weight is 386 g/mol. The van der Waals surface area contributed by atoms with E-state index < -0.39 is 9.84 Å². The number of nitrogens with zero attached hydrogens (tertiary/aromatic N) is 1. The first-order chi connectivity index (χ1) is 10.4. The standard InChI is InChI=1S/C15H16BrNO4S/c1-17(13-4-5-22(19,20)9-13)15(18)11-6-10-7-12(16)2-3-14(10)21-8-11/h2-3,6-7,13H,4-5,8-9H2,1H3. The molecule has 1 atom stereocenters. The Labute approximate surface area is 138 Å². The zero-order valence-corrected chi connectivity index (χ0v) is 14.5. The summed E-state index contributed by atoms with van der Waals surface area (Å²) in [4.78, 5) is 14.1. The zero-order valence-electron chi connectivity index (χ0n) is 12.1. The lowest BCUT2D eigenvalue weighted by atomic mass is 10.1. The number of hydrogen-bond donors (Lipinski definition) is 0. The molecule has 0 saturated carbocycles. The summed E-state index contributed by atoms with van der Waals surface area (Å²) in [6.07, 6.45) is 2.31. The van der Waals surface area contributed by atoms with Gasteiger partial charge in [0.1, 0.15) is 12.4 Å². The Balaban J connectivity index is 1.81. The van der Waals surface area contributed by atoms with Crippen molar-refractivity contribution in [2.45, 2.75) is 12.5 Å². The SMILES string of the molecule is CN(C(=O)C1=Cc2cc(Br)ccc2OC1)C1CCS(=O)(=O)C1. The fraction of sp³-hybridized carbons (Fsp3) is 0.400. The van der Waals surface area contributed by atoms with Gasteiger partial charge in [0.25, 0.3) is 5.91 Å². The molecule has 2 aliphatic rings.